The highest BCUT2D eigenvalue weighted by Crippen LogP contribution is 2.34. The molecule has 1 unspecified atom stereocenters. The molecular weight excluding hydrogens is 306 g/mol. The van der Waals surface area contributed by atoms with Crippen LogP contribution in [0.4, 0.5) is 8.78 Å². The van der Waals surface area contributed by atoms with Crippen LogP contribution in [-0.4, -0.2) is 15.1 Å². The SMILES string of the molecule is CC(O)(c1ccc(F)c(F)c1)c1nc(-c2ccncc2)cs1. The van der Waals surface area contributed by atoms with Crippen molar-refractivity contribution in [1.29, 1.82) is 0 Å². The summed E-state index contributed by atoms with van der Waals surface area (Å²) in [4.78, 5) is 8.35. The Bertz CT molecular complexity index is 803. The van der Waals surface area contributed by atoms with Gasteiger partial charge in [-0.15, -0.1) is 11.3 Å². The molecule has 0 amide bonds. The number of rotatable bonds is 3. The Hall–Kier alpha value is -2.18. The summed E-state index contributed by atoms with van der Waals surface area (Å²) in [7, 11) is 0. The highest BCUT2D eigenvalue weighted by molar-refractivity contribution is 7.10. The molecule has 0 bridgehead atoms. The van der Waals surface area contributed by atoms with E-state index < -0.39 is 17.2 Å². The average Bonchev–Trinajstić information content (AvgIpc) is 3.01. The van der Waals surface area contributed by atoms with E-state index in [0.29, 0.717) is 10.7 Å². The second kappa shape index (κ2) is 5.55. The smallest absolute Gasteiger partial charge is 0.159 e. The van der Waals surface area contributed by atoms with Crippen molar-refractivity contribution in [2.24, 2.45) is 0 Å². The maximum atomic E-state index is 13.4. The van der Waals surface area contributed by atoms with E-state index in [-0.39, 0.29) is 5.56 Å². The topological polar surface area (TPSA) is 46.0 Å². The van der Waals surface area contributed by atoms with Crippen molar-refractivity contribution >= 4 is 11.3 Å². The third-order valence-corrected chi connectivity index (χ3v) is 4.43. The van der Waals surface area contributed by atoms with E-state index in [4.69, 9.17) is 0 Å². The first-order valence-electron chi connectivity index (χ1n) is 6.53. The van der Waals surface area contributed by atoms with Crippen molar-refractivity contribution in [3.8, 4) is 11.3 Å². The Labute approximate surface area is 129 Å². The predicted octanol–water partition coefficient (Wildman–Crippen LogP) is 3.74. The molecule has 0 aliphatic rings. The summed E-state index contributed by atoms with van der Waals surface area (Å²) in [5.41, 5.74) is 0.329. The molecule has 3 aromatic rings. The van der Waals surface area contributed by atoms with Crippen molar-refractivity contribution in [2.45, 2.75) is 12.5 Å². The quantitative estimate of drug-likeness (QED) is 0.800. The zero-order chi connectivity index (χ0) is 15.7. The molecular formula is C16H12F2N2OS. The van der Waals surface area contributed by atoms with Crippen molar-refractivity contribution in [2.75, 3.05) is 0 Å². The molecule has 0 spiro atoms. The van der Waals surface area contributed by atoms with E-state index >= 15 is 0 Å². The van der Waals surface area contributed by atoms with Gasteiger partial charge in [0.05, 0.1) is 5.69 Å². The van der Waals surface area contributed by atoms with Gasteiger partial charge in [0.2, 0.25) is 0 Å². The van der Waals surface area contributed by atoms with Gasteiger partial charge in [-0.05, 0) is 36.8 Å². The van der Waals surface area contributed by atoms with Gasteiger partial charge in [0.15, 0.2) is 11.6 Å². The number of benzene rings is 1. The van der Waals surface area contributed by atoms with Gasteiger partial charge in [-0.1, -0.05) is 6.07 Å². The second-order valence-electron chi connectivity index (χ2n) is 4.97. The lowest BCUT2D eigenvalue weighted by atomic mass is 9.96. The first-order chi connectivity index (χ1) is 10.5. The molecule has 1 aromatic carbocycles. The molecule has 1 atom stereocenters. The zero-order valence-corrected chi connectivity index (χ0v) is 12.4. The summed E-state index contributed by atoms with van der Waals surface area (Å²) in [5, 5.41) is 12.9. The fourth-order valence-corrected chi connectivity index (χ4v) is 2.99. The lowest BCUT2D eigenvalue weighted by Gasteiger charge is -2.21. The standard InChI is InChI=1S/C16H12F2N2OS/c1-16(21,11-2-3-12(17)13(18)8-11)15-20-14(9-22-15)10-4-6-19-7-5-10/h2-9,21H,1H3. The minimum absolute atomic E-state index is 0.252. The number of thiazole rings is 1. The minimum Gasteiger partial charge on any atom is -0.378 e. The summed E-state index contributed by atoms with van der Waals surface area (Å²) in [6.45, 7) is 1.51. The lowest BCUT2D eigenvalue weighted by molar-refractivity contribution is 0.101. The normalized spacial score (nSPS) is 13.8. The van der Waals surface area contributed by atoms with Gasteiger partial charge < -0.3 is 5.11 Å². The Balaban J connectivity index is 1.99. The van der Waals surface area contributed by atoms with Crippen LogP contribution in [0.3, 0.4) is 0 Å². The van der Waals surface area contributed by atoms with E-state index in [1.807, 2.05) is 12.1 Å². The van der Waals surface area contributed by atoms with Crippen LogP contribution in [0.15, 0.2) is 48.1 Å². The summed E-state index contributed by atoms with van der Waals surface area (Å²) in [5.74, 6) is -1.94. The molecule has 0 fully saturated rings. The van der Waals surface area contributed by atoms with Crippen molar-refractivity contribution in [3.05, 3.63) is 70.3 Å². The number of aliphatic hydroxyl groups is 1. The number of aromatic nitrogens is 2. The molecule has 112 valence electrons. The third-order valence-electron chi connectivity index (χ3n) is 3.38. The largest absolute Gasteiger partial charge is 0.378 e. The Kier molecular flexibility index (Phi) is 3.72. The highest BCUT2D eigenvalue weighted by Gasteiger charge is 2.30. The summed E-state index contributed by atoms with van der Waals surface area (Å²) in [6, 6.07) is 6.96. The summed E-state index contributed by atoms with van der Waals surface area (Å²) < 4.78 is 26.4. The predicted molar refractivity (Wildman–Crippen MR) is 80.4 cm³/mol. The fourth-order valence-electron chi connectivity index (χ4n) is 2.07. The number of pyridine rings is 1. The Morgan fingerprint density at radius 1 is 1.09 bits per heavy atom. The molecule has 3 rings (SSSR count). The molecule has 6 heteroatoms. The Morgan fingerprint density at radius 2 is 1.82 bits per heavy atom. The van der Waals surface area contributed by atoms with E-state index in [0.717, 1.165) is 17.7 Å². The van der Waals surface area contributed by atoms with Crippen molar-refractivity contribution in [3.63, 3.8) is 0 Å². The van der Waals surface area contributed by atoms with Gasteiger partial charge >= 0.3 is 0 Å². The van der Waals surface area contributed by atoms with Crippen LogP contribution in [0.25, 0.3) is 11.3 Å². The van der Waals surface area contributed by atoms with Crippen molar-refractivity contribution < 1.29 is 13.9 Å². The molecule has 0 radical (unpaired) electrons. The van der Waals surface area contributed by atoms with Gasteiger partial charge in [0.1, 0.15) is 10.6 Å². The average molecular weight is 318 g/mol. The maximum Gasteiger partial charge on any atom is 0.159 e. The molecule has 3 nitrogen and oxygen atoms in total. The third kappa shape index (κ3) is 2.63. The van der Waals surface area contributed by atoms with Gasteiger partial charge in [-0.2, -0.15) is 0 Å². The van der Waals surface area contributed by atoms with Gasteiger partial charge in [-0.3, -0.25) is 4.98 Å². The van der Waals surface area contributed by atoms with Crippen LogP contribution in [-0.2, 0) is 5.60 Å². The highest BCUT2D eigenvalue weighted by atomic mass is 32.1. The number of hydrogen-bond acceptors (Lipinski definition) is 4. The van der Waals surface area contributed by atoms with E-state index in [2.05, 4.69) is 9.97 Å². The number of halogens is 2. The lowest BCUT2D eigenvalue weighted by Crippen LogP contribution is -2.22. The van der Waals surface area contributed by atoms with Crippen LogP contribution in [0, 0.1) is 11.6 Å². The molecule has 2 aromatic heterocycles. The van der Waals surface area contributed by atoms with Crippen LogP contribution >= 0.6 is 11.3 Å². The van der Waals surface area contributed by atoms with Gasteiger partial charge in [-0.25, -0.2) is 13.8 Å². The number of hydrogen-bond donors (Lipinski definition) is 1. The minimum atomic E-state index is -1.50. The first-order valence-corrected chi connectivity index (χ1v) is 7.41. The molecule has 0 saturated carbocycles. The monoisotopic (exact) mass is 318 g/mol. The Morgan fingerprint density at radius 3 is 2.50 bits per heavy atom. The maximum absolute atomic E-state index is 13.4. The van der Waals surface area contributed by atoms with Crippen LogP contribution in [0.1, 0.15) is 17.5 Å². The van der Waals surface area contributed by atoms with E-state index in [1.165, 1.54) is 24.3 Å². The van der Waals surface area contributed by atoms with Crippen LogP contribution in [0.5, 0.6) is 0 Å². The number of nitrogens with zero attached hydrogens (tertiary/aromatic N) is 2. The zero-order valence-electron chi connectivity index (χ0n) is 11.6. The van der Waals surface area contributed by atoms with Crippen LogP contribution < -0.4 is 0 Å². The first kappa shape index (κ1) is 14.7. The molecule has 2 heterocycles. The fraction of sp³-hybridized carbons (Fsp3) is 0.125. The van der Waals surface area contributed by atoms with Gasteiger partial charge in [0, 0.05) is 23.3 Å². The molecule has 0 aliphatic heterocycles. The molecule has 0 aliphatic carbocycles. The molecule has 1 N–H and O–H groups in total. The summed E-state index contributed by atoms with van der Waals surface area (Å²) >= 11 is 1.26. The summed E-state index contributed by atoms with van der Waals surface area (Å²) in [6.07, 6.45) is 3.31. The van der Waals surface area contributed by atoms with E-state index in [9.17, 15) is 13.9 Å². The molecule has 22 heavy (non-hydrogen) atoms. The molecule has 0 saturated heterocycles. The van der Waals surface area contributed by atoms with E-state index in [1.54, 1.807) is 17.8 Å². The van der Waals surface area contributed by atoms with Gasteiger partial charge in [0.25, 0.3) is 0 Å². The van der Waals surface area contributed by atoms with Crippen molar-refractivity contribution in [1.82, 2.24) is 9.97 Å². The van der Waals surface area contributed by atoms with Crippen LogP contribution in [0.2, 0.25) is 0 Å². The second-order valence-corrected chi connectivity index (χ2v) is 5.83.